The molecule has 1 aliphatic carbocycles. The molecular formula is C25H29ClN4O2S. The molecule has 8 heteroatoms. The number of halogens is 1. The summed E-state index contributed by atoms with van der Waals surface area (Å²) in [6, 6.07) is 9.34. The van der Waals surface area contributed by atoms with Crippen molar-refractivity contribution in [1.82, 2.24) is 14.9 Å². The highest BCUT2D eigenvalue weighted by Crippen LogP contribution is 2.42. The van der Waals surface area contributed by atoms with E-state index in [-0.39, 0.29) is 0 Å². The average Bonchev–Trinajstić information content (AvgIpc) is 3.63. The molecule has 1 aromatic carbocycles. The van der Waals surface area contributed by atoms with Gasteiger partial charge < -0.3 is 9.73 Å². The topological polar surface area (TPSA) is 71.3 Å². The molecule has 0 atom stereocenters. The zero-order valence-corrected chi connectivity index (χ0v) is 20.6. The number of nitrogens with one attached hydrogen (secondary N) is 1. The van der Waals surface area contributed by atoms with Crippen molar-refractivity contribution >= 4 is 35.3 Å². The highest BCUT2D eigenvalue weighted by molar-refractivity contribution is 7.99. The molecule has 3 aromatic rings. The van der Waals surface area contributed by atoms with Crippen LogP contribution in [0.4, 0.5) is 5.69 Å². The van der Waals surface area contributed by atoms with Gasteiger partial charge in [0, 0.05) is 54.7 Å². The number of aldehydes is 1. The van der Waals surface area contributed by atoms with Crippen LogP contribution in [0.25, 0.3) is 11.6 Å². The molecule has 6 nitrogen and oxygen atoms in total. The van der Waals surface area contributed by atoms with Gasteiger partial charge in [-0.15, -0.1) is 0 Å². The van der Waals surface area contributed by atoms with Crippen LogP contribution in [0.3, 0.4) is 0 Å². The lowest BCUT2D eigenvalue weighted by Gasteiger charge is -2.26. The molecule has 1 aliphatic heterocycles. The average molecular weight is 485 g/mol. The Morgan fingerprint density at radius 2 is 2.03 bits per heavy atom. The second-order valence-corrected chi connectivity index (χ2v) is 9.91. The van der Waals surface area contributed by atoms with Gasteiger partial charge in [-0.25, -0.2) is 9.97 Å². The van der Waals surface area contributed by atoms with Gasteiger partial charge in [0.2, 0.25) is 5.89 Å². The van der Waals surface area contributed by atoms with Crippen LogP contribution in [0.2, 0.25) is 5.02 Å². The molecule has 2 aromatic heterocycles. The summed E-state index contributed by atoms with van der Waals surface area (Å²) in [6.45, 7) is 5.03. The Balaban J connectivity index is 0.000000157. The predicted octanol–water partition coefficient (Wildman–Crippen LogP) is 5.67. The summed E-state index contributed by atoms with van der Waals surface area (Å²) in [5.74, 6) is 4.55. The monoisotopic (exact) mass is 484 g/mol. The van der Waals surface area contributed by atoms with E-state index in [1.165, 1.54) is 24.3 Å². The maximum absolute atomic E-state index is 10.7. The SMILES string of the molecule is CNc1ccc(-c2nc(C3CC3)c(C)o2)nc1.O=Cc1ccc(Cl)c(CN2CCSCC2)c1. The number of hydrogen-bond donors (Lipinski definition) is 1. The first kappa shape index (κ1) is 23.8. The molecule has 1 saturated heterocycles. The molecule has 3 heterocycles. The summed E-state index contributed by atoms with van der Waals surface area (Å²) >= 11 is 8.11. The zero-order chi connectivity index (χ0) is 23.2. The second kappa shape index (κ2) is 11.2. The largest absolute Gasteiger partial charge is 0.440 e. The van der Waals surface area contributed by atoms with E-state index in [4.69, 9.17) is 16.0 Å². The van der Waals surface area contributed by atoms with E-state index in [1.807, 2.05) is 43.9 Å². The van der Waals surface area contributed by atoms with Gasteiger partial charge in [-0.1, -0.05) is 17.7 Å². The Morgan fingerprint density at radius 3 is 2.67 bits per heavy atom. The van der Waals surface area contributed by atoms with Gasteiger partial charge in [0.25, 0.3) is 0 Å². The normalized spacial score (nSPS) is 16.1. The minimum Gasteiger partial charge on any atom is -0.440 e. The molecule has 2 aliphatic rings. The maximum atomic E-state index is 10.7. The van der Waals surface area contributed by atoms with E-state index in [9.17, 15) is 4.79 Å². The van der Waals surface area contributed by atoms with Crippen molar-refractivity contribution in [2.75, 3.05) is 37.0 Å². The lowest BCUT2D eigenvalue weighted by Crippen LogP contribution is -2.32. The molecule has 5 rings (SSSR count). The van der Waals surface area contributed by atoms with E-state index in [2.05, 4.69) is 20.2 Å². The minimum atomic E-state index is 0.615. The van der Waals surface area contributed by atoms with Gasteiger partial charge in [-0.05, 0) is 49.6 Å². The van der Waals surface area contributed by atoms with E-state index in [0.29, 0.717) is 17.4 Å². The van der Waals surface area contributed by atoms with Crippen molar-refractivity contribution in [1.29, 1.82) is 0 Å². The third-order valence-electron chi connectivity index (χ3n) is 5.77. The molecular weight excluding hydrogens is 456 g/mol. The molecule has 0 bridgehead atoms. The highest BCUT2D eigenvalue weighted by Gasteiger charge is 2.29. The predicted molar refractivity (Wildman–Crippen MR) is 135 cm³/mol. The molecule has 174 valence electrons. The van der Waals surface area contributed by atoms with Gasteiger partial charge in [0.05, 0.1) is 17.6 Å². The summed E-state index contributed by atoms with van der Waals surface area (Å²) in [6.07, 6.45) is 5.12. The number of aryl methyl sites for hydroxylation is 1. The fourth-order valence-electron chi connectivity index (χ4n) is 3.71. The molecule has 0 unspecified atom stereocenters. The van der Waals surface area contributed by atoms with Gasteiger partial charge in [0.1, 0.15) is 17.7 Å². The first-order valence-electron chi connectivity index (χ1n) is 11.2. The number of thioether (sulfide) groups is 1. The van der Waals surface area contributed by atoms with Crippen LogP contribution < -0.4 is 5.32 Å². The summed E-state index contributed by atoms with van der Waals surface area (Å²) in [7, 11) is 1.87. The zero-order valence-electron chi connectivity index (χ0n) is 19.0. The van der Waals surface area contributed by atoms with E-state index < -0.39 is 0 Å². The van der Waals surface area contributed by atoms with Gasteiger partial charge in [-0.2, -0.15) is 11.8 Å². The number of benzene rings is 1. The lowest BCUT2D eigenvalue weighted by molar-refractivity contribution is 0.112. The fourth-order valence-corrected chi connectivity index (χ4v) is 4.87. The molecule has 2 fully saturated rings. The first-order chi connectivity index (χ1) is 16.1. The van der Waals surface area contributed by atoms with Crippen LogP contribution in [0.15, 0.2) is 40.9 Å². The van der Waals surface area contributed by atoms with E-state index in [0.717, 1.165) is 59.3 Å². The molecule has 0 radical (unpaired) electrons. The van der Waals surface area contributed by atoms with Crippen molar-refractivity contribution in [2.45, 2.75) is 32.2 Å². The Kier molecular flexibility index (Phi) is 8.06. The smallest absolute Gasteiger partial charge is 0.245 e. The Morgan fingerprint density at radius 1 is 1.24 bits per heavy atom. The van der Waals surface area contributed by atoms with E-state index >= 15 is 0 Å². The number of oxazole rings is 1. The third-order valence-corrected chi connectivity index (χ3v) is 7.08. The molecule has 0 amide bonds. The van der Waals surface area contributed by atoms with Crippen LogP contribution >= 0.6 is 23.4 Å². The van der Waals surface area contributed by atoms with Crippen molar-refractivity contribution in [2.24, 2.45) is 0 Å². The molecule has 33 heavy (non-hydrogen) atoms. The number of rotatable bonds is 6. The van der Waals surface area contributed by atoms with Crippen LogP contribution in [0.1, 0.15) is 46.1 Å². The van der Waals surface area contributed by atoms with Crippen molar-refractivity contribution in [3.05, 3.63) is 64.1 Å². The number of nitrogens with zero attached hydrogens (tertiary/aromatic N) is 3. The Bertz CT molecular complexity index is 1080. The van der Waals surface area contributed by atoms with Crippen LogP contribution in [0, 0.1) is 6.92 Å². The summed E-state index contributed by atoms with van der Waals surface area (Å²) in [4.78, 5) is 22.0. The maximum Gasteiger partial charge on any atom is 0.245 e. The van der Waals surface area contributed by atoms with Crippen LogP contribution in [-0.4, -0.2) is 52.8 Å². The van der Waals surface area contributed by atoms with Crippen molar-refractivity contribution in [3.63, 3.8) is 0 Å². The number of carbonyl (C=O) groups excluding carboxylic acids is 1. The number of anilines is 1. The van der Waals surface area contributed by atoms with E-state index in [1.54, 1.807) is 18.3 Å². The highest BCUT2D eigenvalue weighted by atomic mass is 35.5. The quantitative estimate of drug-likeness (QED) is 0.452. The van der Waals surface area contributed by atoms with Crippen LogP contribution in [-0.2, 0) is 6.54 Å². The number of pyridine rings is 1. The number of aromatic nitrogens is 2. The first-order valence-corrected chi connectivity index (χ1v) is 12.8. The second-order valence-electron chi connectivity index (χ2n) is 8.27. The Labute approximate surface area is 204 Å². The third kappa shape index (κ3) is 6.37. The number of hydrogen-bond acceptors (Lipinski definition) is 7. The lowest BCUT2D eigenvalue weighted by atomic mass is 10.1. The summed E-state index contributed by atoms with van der Waals surface area (Å²) in [5, 5.41) is 3.79. The minimum absolute atomic E-state index is 0.615. The summed E-state index contributed by atoms with van der Waals surface area (Å²) in [5.41, 5.74) is 4.64. The molecule has 1 N–H and O–H groups in total. The van der Waals surface area contributed by atoms with Gasteiger partial charge >= 0.3 is 0 Å². The standard InChI is InChI=1S/C13H15N3O.C12H14ClNOS/c1-8-12(9-3-4-9)16-13(17-8)11-6-5-10(14-2)7-15-11;13-12-2-1-10(9-15)7-11(12)8-14-3-5-16-6-4-14/h5-7,9,14H,3-4H2,1-2H3;1-2,7,9H,3-6,8H2. The molecule has 0 spiro atoms. The van der Waals surface area contributed by atoms with Gasteiger partial charge in [0.15, 0.2) is 0 Å². The van der Waals surface area contributed by atoms with Crippen molar-refractivity contribution in [3.8, 4) is 11.6 Å². The number of carbonyl (C=O) groups is 1. The van der Waals surface area contributed by atoms with Gasteiger partial charge in [-0.3, -0.25) is 9.69 Å². The molecule has 1 saturated carbocycles. The Hall–Kier alpha value is -2.35. The van der Waals surface area contributed by atoms with Crippen LogP contribution in [0.5, 0.6) is 0 Å². The fraction of sp³-hybridized carbons (Fsp3) is 0.400. The summed E-state index contributed by atoms with van der Waals surface area (Å²) < 4.78 is 5.68. The van der Waals surface area contributed by atoms with Crippen molar-refractivity contribution < 1.29 is 9.21 Å².